The van der Waals surface area contributed by atoms with Gasteiger partial charge in [0.15, 0.2) is 0 Å². The normalized spacial score (nSPS) is 16.5. The summed E-state index contributed by atoms with van der Waals surface area (Å²) in [5, 5.41) is 4.25. The zero-order valence-corrected chi connectivity index (χ0v) is 12.1. The van der Waals surface area contributed by atoms with Crippen molar-refractivity contribution in [2.24, 2.45) is 0 Å². The topological polar surface area (TPSA) is 29.1 Å². The predicted molar refractivity (Wildman–Crippen MR) is 76.0 cm³/mol. The fraction of sp³-hybridized carbons (Fsp3) is 0.538. The Labute approximate surface area is 111 Å². The van der Waals surface area contributed by atoms with E-state index in [9.17, 15) is 4.21 Å². The molecule has 0 bridgehead atoms. The van der Waals surface area contributed by atoms with Crippen LogP contribution in [0, 0.1) is 0 Å². The third kappa shape index (κ3) is 5.66. The molecule has 1 aromatic carbocycles. The summed E-state index contributed by atoms with van der Waals surface area (Å²) in [4.78, 5) is 0. The van der Waals surface area contributed by atoms with Gasteiger partial charge in [-0.1, -0.05) is 23.7 Å². The SMILES string of the molecule is CC(CCS(C)=O)NC(C)c1cccc(Cl)c1. The lowest BCUT2D eigenvalue weighted by Gasteiger charge is -2.20. The standard InChI is InChI=1S/C13H20ClNOS/c1-10(7-8-17(3)16)15-11(2)12-5-4-6-13(14)9-12/h4-6,9-11,15H,7-8H2,1-3H3. The van der Waals surface area contributed by atoms with Crippen molar-refractivity contribution in [1.82, 2.24) is 5.32 Å². The molecule has 0 aliphatic carbocycles. The molecule has 17 heavy (non-hydrogen) atoms. The molecule has 96 valence electrons. The third-order valence-corrected chi connectivity index (χ3v) is 3.77. The van der Waals surface area contributed by atoms with E-state index in [0.29, 0.717) is 6.04 Å². The number of nitrogens with one attached hydrogen (secondary N) is 1. The van der Waals surface area contributed by atoms with Crippen LogP contribution in [0.5, 0.6) is 0 Å². The van der Waals surface area contributed by atoms with Crippen LogP contribution in [0.2, 0.25) is 5.02 Å². The first kappa shape index (κ1) is 14.7. The Kier molecular flexibility index (Phi) is 6.17. The summed E-state index contributed by atoms with van der Waals surface area (Å²) in [7, 11) is -0.710. The second kappa shape index (κ2) is 7.14. The lowest BCUT2D eigenvalue weighted by molar-refractivity contribution is 0.470. The Morgan fingerprint density at radius 2 is 2.12 bits per heavy atom. The van der Waals surface area contributed by atoms with Gasteiger partial charge in [-0.3, -0.25) is 4.21 Å². The first-order chi connectivity index (χ1) is 7.99. The van der Waals surface area contributed by atoms with Crippen LogP contribution >= 0.6 is 11.6 Å². The highest BCUT2D eigenvalue weighted by atomic mass is 35.5. The number of benzene rings is 1. The molecule has 0 spiro atoms. The van der Waals surface area contributed by atoms with Gasteiger partial charge in [-0.25, -0.2) is 0 Å². The van der Waals surface area contributed by atoms with Crippen LogP contribution in [-0.4, -0.2) is 22.3 Å². The van der Waals surface area contributed by atoms with Crippen LogP contribution in [0.3, 0.4) is 0 Å². The van der Waals surface area contributed by atoms with Gasteiger partial charge >= 0.3 is 0 Å². The summed E-state index contributed by atoms with van der Waals surface area (Å²) in [5.41, 5.74) is 1.18. The molecule has 0 saturated carbocycles. The summed E-state index contributed by atoms with van der Waals surface area (Å²) in [5.74, 6) is 0.746. The van der Waals surface area contributed by atoms with Crippen molar-refractivity contribution in [3.8, 4) is 0 Å². The molecular weight excluding hydrogens is 254 g/mol. The molecular formula is C13H20ClNOS. The van der Waals surface area contributed by atoms with Gasteiger partial charge in [0.1, 0.15) is 0 Å². The maximum absolute atomic E-state index is 11.0. The van der Waals surface area contributed by atoms with E-state index in [0.717, 1.165) is 17.2 Å². The quantitative estimate of drug-likeness (QED) is 0.863. The highest BCUT2D eigenvalue weighted by molar-refractivity contribution is 7.84. The molecule has 0 amide bonds. The van der Waals surface area contributed by atoms with Gasteiger partial charge in [-0.15, -0.1) is 0 Å². The van der Waals surface area contributed by atoms with Crippen molar-refractivity contribution < 1.29 is 4.21 Å². The van der Waals surface area contributed by atoms with Crippen LogP contribution < -0.4 is 5.32 Å². The highest BCUT2D eigenvalue weighted by Gasteiger charge is 2.10. The largest absolute Gasteiger partial charge is 0.308 e. The van der Waals surface area contributed by atoms with Crippen LogP contribution in [-0.2, 0) is 10.8 Å². The van der Waals surface area contributed by atoms with Crippen LogP contribution in [0.4, 0.5) is 0 Å². The lowest BCUT2D eigenvalue weighted by atomic mass is 10.1. The zero-order chi connectivity index (χ0) is 12.8. The fourth-order valence-electron chi connectivity index (χ4n) is 1.73. The summed E-state index contributed by atoms with van der Waals surface area (Å²) in [6.45, 7) is 4.24. The highest BCUT2D eigenvalue weighted by Crippen LogP contribution is 2.18. The molecule has 0 fully saturated rings. The monoisotopic (exact) mass is 273 g/mol. The molecule has 3 unspecified atom stereocenters. The van der Waals surface area contributed by atoms with Crippen molar-refractivity contribution >= 4 is 22.4 Å². The predicted octanol–water partition coefficient (Wildman–Crippen LogP) is 3.15. The third-order valence-electron chi connectivity index (χ3n) is 2.72. The minimum absolute atomic E-state index is 0.258. The van der Waals surface area contributed by atoms with Gasteiger partial charge in [-0.05, 0) is 38.0 Å². The molecule has 2 nitrogen and oxygen atoms in total. The summed E-state index contributed by atoms with van der Waals surface area (Å²) in [6, 6.07) is 8.49. The summed E-state index contributed by atoms with van der Waals surface area (Å²) < 4.78 is 11.0. The van der Waals surface area contributed by atoms with Crippen LogP contribution in [0.25, 0.3) is 0 Å². The minimum Gasteiger partial charge on any atom is -0.308 e. The van der Waals surface area contributed by atoms with Crippen molar-refractivity contribution in [3.63, 3.8) is 0 Å². The average Bonchev–Trinajstić information content (AvgIpc) is 2.26. The molecule has 1 aromatic rings. The van der Waals surface area contributed by atoms with Gasteiger partial charge in [-0.2, -0.15) is 0 Å². The second-order valence-corrected chi connectivity index (χ2v) is 6.40. The van der Waals surface area contributed by atoms with Crippen LogP contribution in [0.15, 0.2) is 24.3 Å². The Morgan fingerprint density at radius 3 is 2.71 bits per heavy atom. The molecule has 3 atom stereocenters. The Bertz CT molecular complexity index is 383. The molecule has 1 rings (SSSR count). The lowest BCUT2D eigenvalue weighted by Crippen LogP contribution is -2.30. The van der Waals surface area contributed by atoms with E-state index < -0.39 is 10.8 Å². The number of halogens is 1. The molecule has 0 saturated heterocycles. The van der Waals surface area contributed by atoms with Gasteiger partial charge in [0, 0.05) is 39.9 Å². The van der Waals surface area contributed by atoms with E-state index in [4.69, 9.17) is 11.6 Å². The number of hydrogen-bond acceptors (Lipinski definition) is 2. The first-order valence-electron chi connectivity index (χ1n) is 5.80. The van der Waals surface area contributed by atoms with E-state index in [1.165, 1.54) is 5.56 Å². The van der Waals surface area contributed by atoms with Gasteiger partial charge < -0.3 is 5.32 Å². The van der Waals surface area contributed by atoms with Gasteiger partial charge in [0.25, 0.3) is 0 Å². The summed E-state index contributed by atoms with van der Waals surface area (Å²) >= 11 is 5.96. The van der Waals surface area contributed by atoms with Crippen molar-refractivity contribution in [2.45, 2.75) is 32.4 Å². The smallest absolute Gasteiger partial charge is 0.0409 e. The second-order valence-electron chi connectivity index (χ2n) is 4.41. The zero-order valence-electron chi connectivity index (χ0n) is 10.6. The maximum atomic E-state index is 11.0. The van der Waals surface area contributed by atoms with Gasteiger partial charge in [0.05, 0.1) is 0 Å². The maximum Gasteiger partial charge on any atom is 0.0409 e. The number of hydrogen-bond donors (Lipinski definition) is 1. The molecule has 0 aromatic heterocycles. The summed E-state index contributed by atoms with van der Waals surface area (Å²) in [6.07, 6.45) is 2.67. The van der Waals surface area contributed by atoms with Crippen molar-refractivity contribution in [1.29, 1.82) is 0 Å². The Hall–Kier alpha value is -0.380. The van der Waals surface area contributed by atoms with E-state index >= 15 is 0 Å². The number of rotatable bonds is 6. The molecule has 0 heterocycles. The fourth-order valence-corrected chi connectivity index (χ4v) is 2.61. The van der Waals surface area contributed by atoms with E-state index in [2.05, 4.69) is 25.2 Å². The van der Waals surface area contributed by atoms with E-state index in [1.54, 1.807) is 6.26 Å². The van der Waals surface area contributed by atoms with Gasteiger partial charge in [0.2, 0.25) is 0 Å². The van der Waals surface area contributed by atoms with Crippen molar-refractivity contribution in [3.05, 3.63) is 34.9 Å². The van der Waals surface area contributed by atoms with Crippen molar-refractivity contribution in [2.75, 3.05) is 12.0 Å². The minimum atomic E-state index is -0.710. The first-order valence-corrected chi connectivity index (χ1v) is 7.91. The molecule has 4 heteroatoms. The Morgan fingerprint density at radius 1 is 1.41 bits per heavy atom. The van der Waals surface area contributed by atoms with E-state index in [1.807, 2.05) is 18.2 Å². The molecule has 1 N–H and O–H groups in total. The molecule has 0 aliphatic heterocycles. The average molecular weight is 274 g/mol. The van der Waals surface area contributed by atoms with Crippen LogP contribution in [0.1, 0.15) is 31.9 Å². The Balaban J connectivity index is 2.48. The molecule has 0 radical (unpaired) electrons. The van der Waals surface area contributed by atoms with E-state index in [-0.39, 0.29) is 6.04 Å². The molecule has 0 aliphatic rings.